The van der Waals surface area contributed by atoms with E-state index in [1.807, 2.05) is 0 Å². The van der Waals surface area contributed by atoms with E-state index in [0.29, 0.717) is 5.69 Å². The van der Waals surface area contributed by atoms with E-state index in [1.54, 1.807) is 13.8 Å². The lowest BCUT2D eigenvalue weighted by molar-refractivity contribution is -0.107. The molecule has 1 atom stereocenters. The van der Waals surface area contributed by atoms with Crippen molar-refractivity contribution in [1.29, 1.82) is 0 Å². The number of aromatic nitrogens is 1. The summed E-state index contributed by atoms with van der Waals surface area (Å²) in [6.45, 7) is 3.83. The van der Waals surface area contributed by atoms with Crippen molar-refractivity contribution in [3.63, 3.8) is 0 Å². The molecular weight excluding hydrogens is 337 g/mol. The fraction of sp³-hybridized carbons (Fsp3) is 0.600. The van der Waals surface area contributed by atoms with Gasteiger partial charge in [-0.25, -0.2) is 4.79 Å². The van der Waals surface area contributed by atoms with Gasteiger partial charge in [0.1, 0.15) is 5.66 Å². The normalized spacial score (nSPS) is 13.2. The zero-order valence-electron chi connectivity index (χ0n) is 14.3. The first kappa shape index (κ1) is 20.7. The van der Waals surface area contributed by atoms with Crippen LogP contribution in [-0.4, -0.2) is 49.8 Å². The molecule has 9 heteroatoms. The molecule has 0 aliphatic rings. The molecule has 0 aliphatic carbocycles. The van der Waals surface area contributed by atoms with Crippen molar-refractivity contribution in [3.8, 4) is 0 Å². The molecule has 0 aromatic carbocycles. The highest BCUT2D eigenvalue weighted by molar-refractivity contribution is 7.54. The van der Waals surface area contributed by atoms with E-state index in [2.05, 4.69) is 4.98 Å². The average molecular weight is 361 g/mol. The van der Waals surface area contributed by atoms with E-state index in [1.165, 1.54) is 32.5 Å². The Hall–Kier alpha value is -1.31. The monoisotopic (exact) mass is 361 g/mol. The van der Waals surface area contributed by atoms with Crippen LogP contribution in [-0.2, 0) is 23.1 Å². The van der Waals surface area contributed by atoms with Gasteiger partial charge in [-0.05, 0) is 26.0 Å². The molecule has 136 valence electrons. The minimum Gasteiger partial charge on any atom is -0.478 e. The topological polar surface area (TPSA) is 104 Å². The number of hydrogen-bond donors (Lipinski definition) is 1. The van der Waals surface area contributed by atoms with Gasteiger partial charge >= 0.3 is 13.6 Å². The molecule has 0 spiro atoms. The summed E-state index contributed by atoms with van der Waals surface area (Å²) in [6, 6.07) is 2.90. The van der Waals surface area contributed by atoms with E-state index >= 15 is 0 Å². The number of pyridine rings is 1. The summed E-state index contributed by atoms with van der Waals surface area (Å²) in [5.41, 5.74) is -0.315. The molecule has 1 aromatic heterocycles. The molecule has 0 radical (unpaired) electrons. The predicted molar refractivity (Wildman–Crippen MR) is 87.2 cm³/mol. The van der Waals surface area contributed by atoms with Crippen LogP contribution in [0.3, 0.4) is 0 Å². The second kappa shape index (κ2) is 9.86. The summed E-state index contributed by atoms with van der Waals surface area (Å²) in [6.07, 6.45) is 0.760. The van der Waals surface area contributed by atoms with Crippen LogP contribution < -0.4 is 0 Å². The number of nitrogens with zero attached hydrogens (tertiary/aromatic N) is 1. The van der Waals surface area contributed by atoms with Gasteiger partial charge in [-0.3, -0.25) is 9.55 Å². The van der Waals surface area contributed by atoms with Crippen molar-refractivity contribution in [3.05, 3.63) is 29.6 Å². The standard InChI is InChI=1S/C15H24NO7P/c1-5-22-24(19,23-6-2)13(9-14(20-3)21-4)12-8-7-11(10-16-12)15(17)18/h7-8,10,13-14H,5-6,9H2,1-4H3,(H,17,18). The van der Waals surface area contributed by atoms with Crippen LogP contribution >= 0.6 is 7.60 Å². The molecule has 1 rings (SSSR count). The number of aromatic carboxylic acids is 1. The first-order chi connectivity index (χ1) is 11.4. The molecule has 0 saturated heterocycles. The van der Waals surface area contributed by atoms with Gasteiger partial charge in [0.2, 0.25) is 0 Å². The van der Waals surface area contributed by atoms with Crippen molar-refractivity contribution in [2.45, 2.75) is 32.2 Å². The Kier molecular flexibility index (Phi) is 8.52. The lowest BCUT2D eigenvalue weighted by Gasteiger charge is -2.28. The van der Waals surface area contributed by atoms with Crippen LogP contribution in [0.1, 0.15) is 42.0 Å². The van der Waals surface area contributed by atoms with Crippen molar-refractivity contribution in [1.82, 2.24) is 4.98 Å². The van der Waals surface area contributed by atoms with Crippen LogP contribution in [0.4, 0.5) is 0 Å². The van der Waals surface area contributed by atoms with Crippen molar-refractivity contribution < 1.29 is 33.0 Å². The Balaban J connectivity index is 3.25. The van der Waals surface area contributed by atoms with Gasteiger partial charge in [-0.15, -0.1) is 0 Å². The Labute approximate surface area is 141 Å². The molecule has 0 bridgehead atoms. The van der Waals surface area contributed by atoms with Crippen LogP contribution in [0.15, 0.2) is 18.3 Å². The molecule has 0 aliphatic heterocycles. The maximum absolute atomic E-state index is 13.2. The maximum Gasteiger partial charge on any atom is 0.339 e. The zero-order valence-corrected chi connectivity index (χ0v) is 15.2. The number of carbonyl (C=O) groups is 1. The summed E-state index contributed by atoms with van der Waals surface area (Å²) in [5, 5.41) is 8.98. The fourth-order valence-corrected chi connectivity index (χ4v) is 4.25. The van der Waals surface area contributed by atoms with E-state index < -0.39 is 25.5 Å². The number of ether oxygens (including phenoxy) is 2. The van der Waals surface area contributed by atoms with Gasteiger partial charge in [0, 0.05) is 26.8 Å². The van der Waals surface area contributed by atoms with Crippen LogP contribution in [0.5, 0.6) is 0 Å². The lowest BCUT2D eigenvalue weighted by Crippen LogP contribution is -2.19. The number of rotatable bonds is 11. The molecule has 24 heavy (non-hydrogen) atoms. The summed E-state index contributed by atoms with van der Waals surface area (Å²) in [5.74, 6) is -1.09. The number of hydrogen-bond acceptors (Lipinski definition) is 7. The highest BCUT2D eigenvalue weighted by Crippen LogP contribution is 2.62. The van der Waals surface area contributed by atoms with Crippen LogP contribution in [0, 0.1) is 0 Å². The first-order valence-corrected chi connectivity index (χ1v) is 9.16. The zero-order chi connectivity index (χ0) is 18.2. The molecule has 8 nitrogen and oxygen atoms in total. The smallest absolute Gasteiger partial charge is 0.339 e. The minimum atomic E-state index is -3.54. The van der Waals surface area contributed by atoms with Crippen LogP contribution in [0.25, 0.3) is 0 Å². The second-order valence-electron chi connectivity index (χ2n) is 4.80. The summed E-state index contributed by atoms with van der Waals surface area (Å²) < 4.78 is 34.4. The Morgan fingerprint density at radius 2 is 1.79 bits per heavy atom. The molecule has 1 heterocycles. The van der Waals surface area contributed by atoms with E-state index in [4.69, 9.17) is 23.6 Å². The minimum absolute atomic E-state index is 0.0372. The first-order valence-electron chi connectivity index (χ1n) is 7.55. The van der Waals surface area contributed by atoms with Gasteiger partial charge < -0.3 is 23.6 Å². The Morgan fingerprint density at radius 1 is 1.21 bits per heavy atom. The van der Waals surface area contributed by atoms with Crippen molar-refractivity contribution >= 4 is 13.6 Å². The number of methoxy groups -OCH3 is 2. The SMILES string of the molecule is CCOP(=O)(OCC)C(CC(OC)OC)c1ccc(C(=O)O)cn1. The molecule has 1 N–H and O–H groups in total. The quantitative estimate of drug-likeness (QED) is 0.474. The van der Waals surface area contributed by atoms with Gasteiger partial charge in [-0.1, -0.05) is 0 Å². The van der Waals surface area contributed by atoms with Gasteiger partial charge in [0.25, 0.3) is 0 Å². The van der Waals surface area contributed by atoms with Gasteiger partial charge in [0.05, 0.1) is 24.5 Å². The third kappa shape index (κ3) is 5.36. The highest BCUT2D eigenvalue weighted by atomic mass is 31.2. The van der Waals surface area contributed by atoms with E-state index in [9.17, 15) is 9.36 Å². The molecule has 1 unspecified atom stereocenters. The summed E-state index contributed by atoms with van der Waals surface area (Å²) >= 11 is 0. The number of carboxylic acid groups (broad SMARTS) is 1. The van der Waals surface area contributed by atoms with Gasteiger partial charge in [0.15, 0.2) is 6.29 Å². The third-order valence-electron chi connectivity index (χ3n) is 3.32. The Morgan fingerprint density at radius 3 is 2.17 bits per heavy atom. The molecule has 0 amide bonds. The van der Waals surface area contributed by atoms with Crippen LogP contribution in [0.2, 0.25) is 0 Å². The lowest BCUT2D eigenvalue weighted by atomic mass is 10.2. The maximum atomic E-state index is 13.2. The average Bonchev–Trinajstić information content (AvgIpc) is 2.56. The van der Waals surface area contributed by atoms with Crippen molar-refractivity contribution in [2.75, 3.05) is 27.4 Å². The Bertz CT molecular complexity index is 549. The molecule has 0 saturated carbocycles. The number of carboxylic acids is 1. The summed E-state index contributed by atoms with van der Waals surface area (Å²) in [7, 11) is -0.599. The molecule has 0 fully saturated rings. The van der Waals surface area contributed by atoms with E-state index in [-0.39, 0.29) is 25.2 Å². The third-order valence-corrected chi connectivity index (χ3v) is 5.79. The predicted octanol–water partition coefficient (Wildman–Crippen LogP) is 3.10. The summed E-state index contributed by atoms with van der Waals surface area (Å²) in [4.78, 5) is 15.1. The molecular formula is C15H24NO7P. The van der Waals surface area contributed by atoms with Crippen molar-refractivity contribution in [2.24, 2.45) is 0 Å². The largest absolute Gasteiger partial charge is 0.478 e. The van der Waals surface area contributed by atoms with Gasteiger partial charge in [-0.2, -0.15) is 0 Å². The fourth-order valence-electron chi connectivity index (χ4n) is 2.19. The highest BCUT2D eigenvalue weighted by Gasteiger charge is 2.39. The molecule has 1 aromatic rings. The second-order valence-corrected chi connectivity index (χ2v) is 7.02. The van der Waals surface area contributed by atoms with E-state index in [0.717, 1.165) is 0 Å².